The fraction of sp³-hybridized carbons (Fsp3) is 0.100. The second-order valence-electron chi connectivity index (χ2n) is 3.34. The van der Waals surface area contributed by atoms with E-state index < -0.39 is 11.2 Å². The SMILES string of the molecule is Cn1c(=O)[nH]c2cc(C=O)cc(Cl)c2c1=O. The van der Waals surface area contributed by atoms with Crippen LogP contribution in [0.1, 0.15) is 10.4 Å². The van der Waals surface area contributed by atoms with Gasteiger partial charge in [-0.15, -0.1) is 0 Å². The molecule has 16 heavy (non-hydrogen) atoms. The number of carbonyl (C=O) groups excluding carboxylic acids is 1. The Balaban J connectivity index is 3.08. The first-order chi connectivity index (χ1) is 7.54. The number of H-pyrrole nitrogens is 1. The number of aromatic amines is 1. The van der Waals surface area contributed by atoms with Gasteiger partial charge in [0.2, 0.25) is 0 Å². The highest BCUT2D eigenvalue weighted by atomic mass is 35.5. The van der Waals surface area contributed by atoms with Gasteiger partial charge >= 0.3 is 5.69 Å². The van der Waals surface area contributed by atoms with E-state index >= 15 is 0 Å². The van der Waals surface area contributed by atoms with Gasteiger partial charge in [0.25, 0.3) is 5.56 Å². The van der Waals surface area contributed by atoms with Gasteiger partial charge < -0.3 is 4.98 Å². The topological polar surface area (TPSA) is 71.9 Å². The lowest BCUT2D eigenvalue weighted by molar-refractivity contribution is 0.112. The van der Waals surface area contributed by atoms with Crippen molar-refractivity contribution in [1.82, 2.24) is 9.55 Å². The van der Waals surface area contributed by atoms with Gasteiger partial charge in [0.15, 0.2) is 0 Å². The maximum Gasteiger partial charge on any atom is 0.328 e. The molecule has 0 saturated carbocycles. The minimum absolute atomic E-state index is 0.149. The molecule has 0 aliphatic carbocycles. The van der Waals surface area contributed by atoms with E-state index in [4.69, 9.17) is 11.6 Å². The number of fused-ring (bicyclic) bond motifs is 1. The molecule has 1 aromatic heterocycles. The third kappa shape index (κ3) is 1.45. The van der Waals surface area contributed by atoms with Crippen molar-refractivity contribution in [3.8, 4) is 0 Å². The highest BCUT2D eigenvalue weighted by Gasteiger charge is 2.09. The van der Waals surface area contributed by atoms with Crippen molar-refractivity contribution in [3.05, 3.63) is 43.6 Å². The maximum absolute atomic E-state index is 11.7. The van der Waals surface area contributed by atoms with Crippen LogP contribution in [0.15, 0.2) is 21.7 Å². The van der Waals surface area contributed by atoms with E-state index in [0.29, 0.717) is 11.8 Å². The van der Waals surface area contributed by atoms with Crippen LogP contribution in [-0.2, 0) is 7.05 Å². The van der Waals surface area contributed by atoms with Crippen molar-refractivity contribution in [2.75, 3.05) is 0 Å². The summed E-state index contributed by atoms with van der Waals surface area (Å²) >= 11 is 5.88. The zero-order chi connectivity index (χ0) is 11.9. The molecule has 0 spiro atoms. The van der Waals surface area contributed by atoms with Crippen molar-refractivity contribution in [2.45, 2.75) is 0 Å². The van der Waals surface area contributed by atoms with Gasteiger partial charge in [-0.05, 0) is 12.1 Å². The van der Waals surface area contributed by atoms with Gasteiger partial charge in [0.05, 0.1) is 15.9 Å². The zero-order valence-corrected chi connectivity index (χ0v) is 9.04. The number of hydrogen-bond donors (Lipinski definition) is 1. The summed E-state index contributed by atoms with van der Waals surface area (Å²) in [4.78, 5) is 36.2. The van der Waals surface area contributed by atoms with Crippen molar-refractivity contribution in [2.24, 2.45) is 7.05 Å². The highest BCUT2D eigenvalue weighted by molar-refractivity contribution is 6.35. The Hall–Kier alpha value is -1.88. The minimum atomic E-state index is -0.545. The Morgan fingerprint density at radius 3 is 2.69 bits per heavy atom. The van der Waals surface area contributed by atoms with Crippen LogP contribution in [0.25, 0.3) is 10.9 Å². The van der Waals surface area contributed by atoms with E-state index in [0.717, 1.165) is 4.57 Å². The van der Waals surface area contributed by atoms with Crippen molar-refractivity contribution < 1.29 is 4.79 Å². The standard InChI is InChI=1S/C10H7ClN2O3/c1-13-9(15)8-6(11)2-5(4-14)3-7(8)12-10(13)16/h2-4H,1H3,(H,12,16). The summed E-state index contributed by atoms with van der Waals surface area (Å²) in [6.45, 7) is 0. The molecule has 0 unspecified atom stereocenters. The summed E-state index contributed by atoms with van der Waals surface area (Å²) in [5.41, 5.74) is -0.457. The van der Waals surface area contributed by atoms with Gasteiger partial charge in [-0.3, -0.25) is 14.2 Å². The smallest absolute Gasteiger partial charge is 0.307 e. The molecular weight excluding hydrogens is 232 g/mol. The summed E-state index contributed by atoms with van der Waals surface area (Å²) in [5, 5.41) is 0.353. The van der Waals surface area contributed by atoms with Gasteiger partial charge in [0.1, 0.15) is 6.29 Å². The van der Waals surface area contributed by atoms with E-state index in [2.05, 4.69) is 4.98 Å². The predicted molar refractivity (Wildman–Crippen MR) is 60.2 cm³/mol. The molecule has 1 heterocycles. The molecule has 82 valence electrons. The average molecular weight is 239 g/mol. The number of nitrogens with one attached hydrogen (secondary N) is 1. The molecule has 0 amide bonds. The Morgan fingerprint density at radius 1 is 1.38 bits per heavy atom. The molecule has 0 radical (unpaired) electrons. The van der Waals surface area contributed by atoms with E-state index in [-0.39, 0.29) is 15.9 Å². The summed E-state index contributed by atoms with van der Waals surface area (Å²) in [6.07, 6.45) is 0.598. The number of aldehydes is 1. The number of nitrogens with zero attached hydrogens (tertiary/aromatic N) is 1. The molecular formula is C10H7ClN2O3. The highest BCUT2D eigenvalue weighted by Crippen LogP contribution is 2.19. The minimum Gasteiger partial charge on any atom is -0.307 e. The summed E-state index contributed by atoms with van der Waals surface area (Å²) < 4.78 is 0.925. The van der Waals surface area contributed by atoms with Crippen LogP contribution < -0.4 is 11.2 Å². The molecule has 0 aliphatic rings. The van der Waals surface area contributed by atoms with Gasteiger partial charge in [0, 0.05) is 12.6 Å². The van der Waals surface area contributed by atoms with Crippen LogP contribution in [0.2, 0.25) is 5.02 Å². The molecule has 2 rings (SSSR count). The molecule has 0 fully saturated rings. The Labute approximate surface area is 94.3 Å². The number of benzene rings is 1. The predicted octanol–water partition coefficient (Wildman–Crippen LogP) is 0.693. The van der Waals surface area contributed by atoms with Crippen LogP contribution in [0.5, 0.6) is 0 Å². The van der Waals surface area contributed by atoms with E-state index in [1.807, 2.05) is 0 Å². The molecule has 5 nitrogen and oxygen atoms in total. The second-order valence-corrected chi connectivity index (χ2v) is 3.74. The summed E-state index contributed by atoms with van der Waals surface area (Å²) in [7, 11) is 1.35. The van der Waals surface area contributed by atoms with Crippen LogP contribution in [0.4, 0.5) is 0 Å². The largest absolute Gasteiger partial charge is 0.328 e. The first-order valence-corrected chi connectivity index (χ1v) is 4.80. The normalized spacial score (nSPS) is 10.6. The molecule has 0 aliphatic heterocycles. The lowest BCUT2D eigenvalue weighted by Gasteiger charge is -2.03. The number of carbonyl (C=O) groups is 1. The molecule has 0 atom stereocenters. The lowest BCUT2D eigenvalue weighted by atomic mass is 10.1. The van der Waals surface area contributed by atoms with Crippen LogP contribution in [0.3, 0.4) is 0 Å². The fourth-order valence-electron chi connectivity index (χ4n) is 1.47. The number of rotatable bonds is 1. The second kappa shape index (κ2) is 3.61. The quantitative estimate of drug-likeness (QED) is 0.743. The van der Waals surface area contributed by atoms with E-state index in [1.165, 1.54) is 19.2 Å². The number of halogens is 1. The van der Waals surface area contributed by atoms with Crippen molar-refractivity contribution >= 4 is 28.8 Å². The Morgan fingerprint density at radius 2 is 2.06 bits per heavy atom. The molecule has 0 bridgehead atoms. The maximum atomic E-state index is 11.7. The average Bonchev–Trinajstić information content (AvgIpc) is 2.25. The third-order valence-electron chi connectivity index (χ3n) is 2.31. The first kappa shape index (κ1) is 10.6. The molecule has 1 aromatic carbocycles. The van der Waals surface area contributed by atoms with Gasteiger partial charge in [-0.1, -0.05) is 11.6 Å². The molecule has 2 aromatic rings. The van der Waals surface area contributed by atoms with Crippen molar-refractivity contribution in [3.63, 3.8) is 0 Å². The Bertz CT molecular complexity index is 700. The molecule has 1 N–H and O–H groups in total. The monoisotopic (exact) mass is 238 g/mol. The molecule has 0 saturated heterocycles. The lowest BCUT2D eigenvalue weighted by Crippen LogP contribution is -2.32. The van der Waals surface area contributed by atoms with Gasteiger partial charge in [-0.25, -0.2) is 4.79 Å². The summed E-state index contributed by atoms with van der Waals surface area (Å²) in [6, 6.07) is 2.80. The van der Waals surface area contributed by atoms with Crippen LogP contribution in [-0.4, -0.2) is 15.8 Å². The third-order valence-corrected chi connectivity index (χ3v) is 2.61. The van der Waals surface area contributed by atoms with Gasteiger partial charge in [-0.2, -0.15) is 0 Å². The number of aromatic nitrogens is 2. The number of hydrogen-bond acceptors (Lipinski definition) is 3. The van der Waals surface area contributed by atoms with Crippen molar-refractivity contribution in [1.29, 1.82) is 0 Å². The fourth-order valence-corrected chi connectivity index (χ4v) is 1.78. The van der Waals surface area contributed by atoms with E-state index in [9.17, 15) is 14.4 Å². The van der Waals surface area contributed by atoms with Crippen LogP contribution in [0, 0.1) is 0 Å². The van der Waals surface area contributed by atoms with E-state index in [1.54, 1.807) is 0 Å². The van der Waals surface area contributed by atoms with Crippen LogP contribution >= 0.6 is 11.6 Å². The molecule has 6 heteroatoms. The summed E-state index contributed by atoms with van der Waals surface area (Å²) in [5.74, 6) is 0. The zero-order valence-electron chi connectivity index (χ0n) is 8.28. The first-order valence-electron chi connectivity index (χ1n) is 4.42. The Kier molecular flexibility index (Phi) is 2.40.